The maximum absolute atomic E-state index is 4.40. The van der Waals surface area contributed by atoms with Gasteiger partial charge in [0.2, 0.25) is 0 Å². The van der Waals surface area contributed by atoms with Crippen LogP contribution in [-0.2, 0) is 13.1 Å². The average molecular weight is 510 g/mol. The molecule has 160 valence electrons. The number of aliphatic imine (C=N–C) groups is 1. The first-order valence-corrected chi connectivity index (χ1v) is 10.4. The van der Waals surface area contributed by atoms with Crippen molar-refractivity contribution in [3.8, 4) is 0 Å². The molecule has 0 bridgehead atoms. The highest BCUT2D eigenvalue weighted by molar-refractivity contribution is 14.0. The van der Waals surface area contributed by atoms with Crippen molar-refractivity contribution in [2.24, 2.45) is 4.99 Å². The Kier molecular flexibility index (Phi) is 9.93. The zero-order valence-corrected chi connectivity index (χ0v) is 20.2. The molecule has 1 aliphatic heterocycles. The highest BCUT2D eigenvalue weighted by Crippen LogP contribution is 2.19. The second kappa shape index (κ2) is 12.2. The molecule has 0 spiro atoms. The van der Waals surface area contributed by atoms with Crippen LogP contribution in [0, 0.1) is 6.92 Å². The van der Waals surface area contributed by atoms with Gasteiger partial charge in [-0.3, -0.25) is 14.6 Å². The topological polar surface area (TPSA) is 57.5 Å². The van der Waals surface area contributed by atoms with Gasteiger partial charge < -0.3 is 10.6 Å². The fourth-order valence-electron chi connectivity index (χ4n) is 3.83. The molecule has 1 saturated heterocycles. The van der Waals surface area contributed by atoms with Crippen LogP contribution in [0.15, 0.2) is 47.7 Å². The van der Waals surface area contributed by atoms with Crippen molar-refractivity contribution in [1.82, 2.24) is 25.3 Å². The van der Waals surface area contributed by atoms with Crippen molar-refractivity contribution >= 4 is 29.9 Å². The zero-order valence-electron chi connectivity index (χ0n) is 17.8. The molecule has 0 radical (unpaired) electrons. The first kappa shape index (κ1) is 23.7. The van der Waals surface area contributed by atoms with E-state index in [4.69, 9.17) is 0 Å². The Hall–Kier alpha value is -1.61. The summed E-state index contributed by atoms with van der Waals surface area (Å²) >= 11 is 0. The van der Waals surface area contributed by atoms with E-state index in [2.05, 4.69) is 76.0 Å². The molecule has 0 saturated carbocycles. The predicted molar refractivity (Wildman–Crippen MR) is 131 cm³/mol. The van der Waals surface area contributed by atoms with Crippen LogP contribution < -0.4 is 10.6 Å². The summed E-state index contributed by atoms with van der Waals surface area (Å²) < 4.78 is 2.00. The maximum Gasteiger partial charge on any atom is 0.191 e. The van der Waals surface area contributed by atoms with E-state index >= 15 is 0 Å². The number of aromatic nitrogens is 2. The SMILES string of the molecule is CN=C(NCCCn1cc(C)cn1)NC1CCN(Cc2ccccc2)C(C)C1.I. The molecule has 2 N–H and O–H groups in total. The number of likely N-dealkylation sites (tertiary alicyclic amines) is 1. The van der Waals surface area contributed by atoms with Gasteiger partial charge in [0, 0.05) is 51.5 Å². The van der Waals surface area contributed by atoms with Gasteiger partial charge in [0.1, 0.15) is 0 Å². The van der Waals surface area contributed by atoms with Gasteiger partial charge >= 0.3 is 0 Å². The number of guanidine groups is 1. The Labute approximate surface area is 192 Å². The molecule has 1 aromatic carbocycles. The van der Waals surface area contributed by atoms with Crippen LogP contribution in [0.2, 0.25) is 0 Å². The monoisotopic (exact) mass is 510 g/mol. The summed E-state index contributed by atoms with van der Waals surface area (Å²) in [5.74, 6) is 0.908. The maximum atomic E-state index is 4.40. The van der Waals surface area contributed by atoms with Crippen LogP contribution >= 0.6 is 24.0 Å². The van der Waals surface area contributed by atoms with Gasteiger partial charge in [0.15, 0.2) is 5.96 Å². The molecule has 2 atom stereocenters. The lowest BCUT2D eigenvalue weighted by Crippen LogP contribution is -2.51. The lowest BCUT2D eigenvalue weighted by Gasteiger charge is -2.38. The minimum atomic E-state index is 0. The summed E-state index contributed by atoms with van der Waals surface area (Å²) in [6.07, 6.45) is 7.29. The van der Waals surface area contributed by atoms with Crippen molar-refractivity contribution in [3.63, 3.8) is 0 Å². The Morgan fingerprint density at radius 3 is 2.72 bits per heavy atom. The highest BCUT2D eigenvalue weighted by Gasteiger charge is 2.25. The Morgan fingerprint density at radius 1 is 1.28 bits per heavy atom. The van der Waals surface area contributed by atoms with Crippen LogP contribution in [0.4, 0.5) is 0 Å². The number of halogens is 1. The van der Waals surface area contributed by atoms with Gasteiger partial charge in [-0.2, -0.15) is 5.10 Å². The van der Waals surface area contributed by atoms with Crippen LogP contribution in [-0.4, -0.2) is 52.9 Å². The average Bonchev–Trinajstić information content (AvgIpc) is 3.12. The molecule has 0 aliphatic carbocycles. The lowest BCUT2D eigenvalue weighted by molar-refractivity contribution is 0.134. The van der Waals surface area contributed by atoms with Crippen molar-refractivity contribution in [2.45, 2.75) is 58.3 Å². The zero-order chi connectivity index (χ0) is 19.8. The normalized spacial score (nSPS) is 20.2. The molecule has 29 heavy (non-hydrogen) atoms. The lowest BCUT2D eigenvalue weighted by atomic mass is 9.97. The van der Waals surface area contributed by atoms with E-state index < -0.39 is 0 Å². The van der Waals surface area contributed by atoms with Crippen LogP contribution in [0.25, 0.3) is 0 Å². The van der Waals surface area contributed by atoms with Gasteiger partial charge in [-0.1, -0.05) is 30.3 Å². The summed E-state index contributed by atoms with van der Waals surface area (Å²) in [5, 5.41) is 11.4. The summed E-state index contributed by atoms with van der Waals surface area (Å²) in [6.45, 7) is 8.37. The fourth-order valence-corrected chi connectivity index (χ4v) is 3.83. The van der Waals surface area contributed by atoms with Crippen LogP contribution in [0.1, 0.15) is 37.3 Å². The van der Waals surface area contributed by atoms with E-state index in [1.165, 1.54) is 11.1 Å². The van der Waals surface area contributed by atoms with Crippen molar-refractivity contribution < 1.29 is 0 Å². The third kappa shape index (κ3) is 7.62. The molecular weight excluding hydrogens is 475 g/mol. The molecular formula is C22H35IN6. The first-order chi connectivity index (χ1) is 13.6. The number of nitrogens with zero attached hydrogens (tertiary/aromatic N) is 4. The molecule has 6 nitrogen and oxygen atoms in total. The molecule has 2 unspecified atom stereocenters. The third-order valence-electron chi connectivity index (χ3n) is 5.43. The molecule has 1 aromatic heterocycles. The quantitative estimate of drug-likeness (QED) is 0.260. The first-order valence-electron chi connectivity index (χ1n) is 10.4. The second-order valence-electron chi connectivity index (χ2n) is 7.80. The molecule has 2 heterocycles. The molecule has 1 aliphatic rings. The molecule has 1 fully saturated rings. The van der Waals surface area contributed by atoms with E-state index in [9.17, 15) is 0 Å². The number of piperidine rings is 1. The number of benzene rings is 1. The smallest absolute Gasteiger partial charge is 0.191 e. The van der Waals surface area contributed by atoms with Gasteiger partial charge in [-0.05, 0) is 44.2 Å². The number of rotatable bonds is 7. The summed E-state index contributed by atoms with van der Waals surface area (Å²) in [6, 6.07) is 11.8. The van der Waals surface area contributed by atoms with Crippen molar-refractivity contribution in [1.29, 1.82) is 0 Å². The van der Waals surface area contributed by atoms with Crippen LogP contribution in [0.5, 0.6) is 0 Å². The largest absolute Gasteiger partial charge is 0.356 e. The van der Waals surface area contributed by atoms with E-state index in [1.807, 2.05) is 17.9 Å². The Balaban J connectivity index is 0.00000300. The minimum absolute atomic E-state index is 0. The number of hydrogen-bond acceptors (Lipinski definition) is 3. The van der Waals surface area contributed by atoms with Crippen molar-refractivity contribution in [3.05, 3.63) is 53.9 Å². The summed E-state index contributed by atoms with van der Waals surface area (Å²) in [4.78, 5) is 6.98. The number of hydrogen-bond donors (Lipinski definition) is 2. The van der Waals surface area contributed by atoms with E-state index in [-0.39, 0.29) is 24.0 Å². The number of nitrogens with one attached hydrogen (secondary N) is 2. The van der Waals surface area contributed by atoms with Gasteiger partial charge in [0.25, 0.3) is 0 Å². The molecule has 3 rings (SSSR count). The van der Waals surface area contributed by atoms with Gasteiger partial charge in [0.05, 0.1) is 6.20 Å². The highest BCUT2D eigenvalue weighted by atomic mass is 127. The van der Waals surface area contributed by atoms with E-state index in [0.717, 1.165) is 51.4 Å². The molecule has 7 heteroatoms. The minimum Gasteiger partial charge on any atom is -0.356 e. The number of aryl methyl sites for hydroxylation is 2. The summed E-state index contributed by atoms with van der Waals surface area (Å²) in [7, 11) is 1.85. The van der Waals surface area contributed by atoms with Gasteiger partial charge in [-0.15, -0.1) is 24.0 Å². The van der Waals surface area contributed by atoms with Crippen LogP contribution in [0.3, 0.4) is 0 Å². The van der Waals surface area contributed by atoms with Gasteiger partial charge in [-0.25, -0.2) is 0 Å². The van der Waals surface area contributed by atoms with E-state index in [0.29, 0.717) is 12.1 Å². The summed E-state index contributed by atoms with van der Waals surface area (Å²) in [5.41, 5.74) is 2.60. The standard InChI is InChI=1S/C22H34N6.HI/c1-18-15-25-28(16-18)12-7-11-24-22(23-3)26-21-10-13-27(19(2)14-21)17-20-8-5-4-6-9-20;/h4-6,8-9,15-16,19,21H,7,10-14,17H2,1-3H3,(H2,23,24,26);1H. The predicted octanol–water partition coefficient (Wildman–Crippen LogP) is 3.42. The van der Waals surface area contributed by atoms with Crippen molar-refractivity contribution in [2.75, 3.05) is 20.1 Å². The Bertz CT molecular complexity index is 745. The fraction of sp³-hybridized carbons (Fsp3) is 0.545. The van der Waals surface area contributed by atoms with E-state index in [1.54, 1.807) is 0 Å². The molecule has 2 aromatic rings. The Morgan fingerprint density at radius 2 is 2.07 bits per heavy atom. The second-order valence-corrected chi connectivity index (χ2v) is 7.80. The third-order valence-corrected chi connectivity index (χ3v) is 5.43. The molecule has 0 amide bonds.